The molecule has 0 N–H and O–H groups in total. The van der Waals surface area contributed by atoms with Gasteiger partial charge >= 0.3 is 5.97 Å². The maximum atomic E-state index is 12.9. The number of carbonyl (C=O) groups excluding carboxylic acids is 4. The highest BCUT2D eigenvalue weighted by atomic mass is 16.5. The van der Waals surface area contributed by atoms with Gasteiger partial charge in [0.25, 0.3) is 11.8 Å². The summed E-state index contributed by atoms with van der Waals surface area (Å²) in [5.41, 5.74) is 0.889. The zero-order valence-corrected chi connectivity index (χ0v) is 17.1. The van der Waals surface area contributed by atoms with Gasteiger partial charge in [0.2, 0.25) is 0 Å². The fourth-order valence-electron chi connectivity index (χ4n) is 3.36. The lowest BCUT2D eigenvalue weighted by Crippen LogP contribution is -2.49. The molecule has 1 aliphatic rings. The molecule has 1 heterocycles. The van der Waals surface area contributed by atoms with Crippen LogP contribution in [0.3, 0.4) is 0 Å². The first-order valence-corrected chi connectivity index (χ1v) is 9.69. The molecule has 0 bridgehead atoms. The molecule has 3 rings (SSSR count). The molecule has 2 atom stereocenters. The number of Topliss-reactive ketones (excluding diaryl/α,β-unsaturated/α-hetero) is 1. The van der Waals surface area contributed by atoms with E-state index in [4.69, 9.17) is 9.47 Å². The van der Waals surface area contributed by atoms with Crippen LogP contribution in [0, 0.1) is 5.92 Å². The number of hydrogen-bond acceptors (Lipinski definition) is 6. The molecule has 30 heavy (non-hydrogen) atoms. The Balaban J connectivity index is 1.76. The van der Waals surface area contributed by atoms with Crippen LogP contribution in [-0.4, -0.2) is 48.2 Å². The molecule has 2 aromatic rings. The van der Waals surface area contributed by atoms with E-state index < -0.39 is 36.2 Å². The molecule has 1 aliphatic heterocycles. The summed E-state index contributed by atoms with van der Waals surface area (Å²) in [6.45, 7) is 3.13. The van der Waals surface area contributed by atoms with Gasteiger partial charge in [-0.2, -0.15) is 0 Å². The molecule has 0 aliphatic carbocycles. The second-order valence-electron chi connectivity index (χ2n) is 7.12. The minimum Gasteiger partial charge on any atom is -0.497 e. The summed E-state index contributed by atoms with van der Waals surface area (Å²) in [5.74, 6) is -1.96. The van der Waals surface area contributed by atoms with E-state index in [9.17, 15) is 19.2 Å². The molecule has 0 aromatic heterocycles. The smallest absolute Gasteiger partial charge is 0.330 e. The number of methoxy groups -OCH3 is 1. The number of ketones is 1. The highest BCUT2D eigenvalue weighted by Crippen LogP contribution is 2.28. The molecule has 0 saturated heterocycles. The summed E-state index contributed by atoms with van der Waals surface area (Å²) < 4.78 is 10.3. The van der Waals surface area contributed by atoms with Crippen molar-refractivity contribution >= 4 is 23.6 Å². The van der Waals surface area contributed by atoms with Gasteiger partial charge in [0, 0.05) is 5.56 Å². The Bertz CT molecular complexity index is 946. The SMILES string of the molecule is CC[C@H](C)[C@@H](C(=O)OCC(=O)c1ccc(OC)cc1)N1C(=O)c2ccccc2C1=O. The van der Waals surface area contributed by atoms with E-state index in [0.29, 0.717) is 17.7 Å². The average molecular weight is 409 g/mol. The van der Waals surface area contributed by atoms with Crippen molar-refractivity contribution in [2.24, 2.45) is 5.92 Å². The van der Waals surface area contributed by atoms with E-state index in [1.807, 2.05) is 6.92 Å². The van der Waals surface area contributed by atoms with Crippen molar-refractivity contribution < 1.29 is 28.7 Å². The van der Waals surface area contributed by atoms with Crippen LogP contribution in [0.4, 0.5) is 0 Å². The average Bonchev–Trinajstić information content (AvgIpc) is 3.03. The van der Waals surface area contributed by atoms with Crippen LogP contribution in [0.25, 0.3) is 0 Å². The van der Waals surface area contributed by atoms with Crippen molar-refractivity contribution in [1.82, 2.24) is 4.90 Å². The quantitative estimate of drug-likeness (QED) is 0.378. The Kier molecular flexibility index (Phi) is 6.30. The predicted octanol–water partition coefficient (Wildman–Crippen LogP) is 3.13. The van der Waals surface area contributed by atoms with Crippen molar-refractivity contribution in [2.45, 2.75) is 26.3 Å². The van der Waals surface area contributed by atoms with Gasteiger partial charge in [0.15, 0.2) is 12.4 Å². The monoisotopic (exact) mass is 409 g/mol. The van der Waals surface area contributed by atoms with Gasteiger partial charge in [-0.3, -0.25) is 19.3 Å². The largest absolute Gasteiger partial charge is 0.497 e. The van der Waals surface area contributed by atoms with Crippen LogP contribution in [0.2, 0.25) is 0 Å². The lowest BCUT2D eigenvalue weighted by atomic mass is 9.97. The number of benzene rings is 2. The lowest BCUT2D eigenvalue weighted by Gasteiger charge is -2.28. The van der Waals surface area contributed by atoms with Crippen molar-refractivity contribution in [3.63, 3.8) is 0 Å². The number of rotatable bonds is 8. The van der Waals surface area contributed by atoms with Crippen LogP contribution in [0.1, 0.15) is 51.3 Å². The number of imide groups is 1. The Morgan fingerprint density at radius 2 is 1.53 bits per heavy atom. The molecule has 0 spiro atoms. The Morgan fingerprint density at radius 1 is 0.967 bits per heavy atom. The topological polar surface area (TPSA) is 90.0 Å². The van der Waals surface area contributed by atoms with Gasteiger partial charge < -0.3 is 9.47 Å². The predicted molar refractivity (Wildman–Crippen MR) is 108 cm³/mol. The first-order valence-electron chi connectivity index (χ1n) is 9.69. The fourth-order valence-corrected chi connectivity index (χ4v) is 3.36. The molecule has 2 aromatic carbocycles. The summed E-state index contributed by atoms with van der Waals surface area (Å²) in [6, 6.07) is 11.8. The van der Waals surface area contributed by atoms with E-state index in [-0.39, 0.29) is 17.0 Å². The van der Waals surface area contributed by atoms with Gasteiger partial charge in [-0.1, -0.05) is 32.4 Å². The van der Waals surface area contributed by atoms with Crippen LogP contribution in [-0.2, 0) is 9.53 Å². The van der Waals surface area contributed by atoms with Crippen LogP contribution >= 0.6 is 0 Å². The summed E-state index contributed by atoms with van der Waals surface area (Å²) in [4.78, 5) is 51.8. The molecular weight excluding hydrogens is 386 g/mol. The highest BCUT2D eigenvalue weighted by molar-refractivity contribution is 6.22. The maximum absolute atomic E-state index is 12.9. The molecule has 0 saturated carbocycles. The van der Waals surface area contributed by atoms with Crippen molar-refractivity contribution in [2.75, 3.05) is 13.7 Å². The van der Waals surface area contributed by atoms with Crippen LogP contribution in [0.5, 0.6) is 5.75 Å². The van der Waals surface area contributed by atoms with Crippen LogP contribution < -0.4 is 4.74 Å². The molecule has 7 heteroatoms. The molecule has 0 radical (unpaired) electrons. The second kappa shape index (κ2) is 8.90. The summed E-state index contributed by atoms with van der Waals surface area (Å²) in [7, 11) is 1.52. The second-order valence-corrected chi connectivity index (χ2v) is 7.12. The summed E-state index contributed by atoms with van der Waals surface area (Å²) in [6.07, 6.45) is 0.541. The molecule has 0 unspecified atom stereocenters. The van der Waals surface area contributed by atoms with Gasteiger partial charge in [0.05, 0.1) is 18.2 Å². The van der Waals surface area contributed by atoms with Crippen molar-refractivity contribution in [3.8, 4) is 5.75 Å². The minimum absolute atomic E-state index is 0.262. The van der Waals surface area contributed by atoms with E-state index >= 15 is 0 Å². The third-order valence-corrected chi connectivity index (χ3v) is 5.29. The molecule has 0 fully saturated rings. The van der Waals surface area contributed by atoms with Crippen LogP contribution in [0.15, 0.2) is 48.5 Å². The zero-order valence-electron chi connectivity index (χ0n) is 17.1. The fraction of sp³-hybridized carbons (Fsp3) is 0.304. The number of nitrogens with zero attached hydrogens (tertiary/aromatic N) is 1. The Labute approximate surface area is 174 Å². The van der Waals surface area contributed by atoms with Crippen molar-refractivity contribution in [3.05, 3.63) is 65.2 Å². The number of fused-ring (bicyclic) bond motifs is 1. The highest BCUT2D eigenvalue weighted by Gasteiger charge is 2.45. The van der Waals surface area contributed by atoms with Gasteiger partial charge in [0.1, 0.15) is 11.8 Å². The lowest BCUT2D eigenvalue weighted by molar-refractivity contribution is -0.149. The van der Waals surface area contributed by atoms with Gasteiger partial charge in [-0.15, -0.1) is 0 Å². The molecule has 7 nitrogen and oxygen atoms in total. The molecule has 2 amide bonds. The van der Waals surface area contributed by atoms with Gasteiger partial charge in [-0.05, 0) is 42.3 Å². The third-order valence-electron chi connectivity index (χ3n) is 5.29. The van der Waals surface area contributed by atoms with E-state index in [1.165, 1.54) is 7.11 Å². The third kappa shape index (κ3) is 3.96. The zero-order chi connectivity index (χ0) is 21.8. The molecular formula is C23H23NO6. The first kappa shape index (κ1) is 21.2. The number of hydrogen-bond donors (Lipinski definition) is 0. The van der Waals surface area contributed by atoms with Gasteiger partial charge in [-0.25, -0.2) is 4.79 Å². The molecule has 156 valence electrons. The Hall–Kier alpha value is -3.48. The standard InChI is InChI=1S/C23H23NO6/c1-4-14(2)20(24-21(26)17-7-5-6-8-18(17)22(24)27)23(28)30-13-19(25)15-9-11-16(29-3)12-10-15/h5-12,14,20H,4,13H2,1-3H3/t14-,20-/m0/s1. The normalized spacial score (nSPS) is 14.8. The summed E-state index contributed by atoms with van der Waals surface area (Å²) in [5, 5.41) is 0. The van der Waals surface area contributed by atoms with Crippen molar-refractivity contribution in [1.29, 1.82) is 0 Å². The maximum Gasteiger partial charge on any atom is 0.330 e. The number of amides is 2. The number of carbonyl (C=O) groups is 4. The van der Waals surface area contributed by atoms with E-state index in [0.717, 1.165) is 4.90 Å². The number of ether oxygens (including phenoxy) is 2. The van der Waals surface area contributed by atoms with E-state index in [2.05, 4.69) is 0 Å². The van der Waals surface area contributed by atoms with E-state index in [1.54, 1.807) is 55.5 Å². The minimum atomic E-state index is -1.11. The summed E-state index contributed by atoms with van der Waals surface area (Å²) >= 11 is 0. The first-order chi connectivity index (χ1) is 14.4. The Morgan fingerprint density at radius 3 is 2.03 bits per heavy atom. The number of esters is 1.